The van der Waals surface area contributed by atoms with E-state index in [1.807, 2.05) is 19.9 Å². The number of carbonyl (C=O) groups is 1. The van der Waals surface area contributed by atoms with Gasteiger partial charge < -0.3 is 10.3 Å². The van der Waals surface area contributed by atoms with Crippen molar-refractivity contribution >= 4 is 29.3 Å². The van der Waals surface area contributed by atoms with Gasteiger partial charge in [-0.3, -0.25) is 9.36 Å². The fourth-order valence-electron chi connectivity index (χ4n) is 1.76. The summed E-state index contributed by atoms with van der Waals surface area (Å²) in [6.07, 6.45) is 2.69. The Bertz CT molecular complexity index is 629. The van der Waals surface area contributed by atoms with Crippen molar-refractivity contribution in [1.82, 2.24) is 19.9 Å². The number of amides is 1. The first-order valence-electron chi connectivity index (χ1n) is 5.93. The lowest BCUT2D eigenvalue weighted by molar-refractivity contribution is -0.121. The van der Waals surface area contributed by atoms with Crippen LogP contribution in [0.25, 0.3) is 11.2 Å². The lowest BCUT2D eigenvalue weighted by Gasteiger charge is -2.05. The van der Waals surface area contributed by atoms with E-state index in [9.17, 15) is 4.79 Å². The Hall–Kier alpha value is -1.69. The molecule has 2 aromatic heterocycles. The van der Waals surface area contributed by atoms with Crippen molar-refractivity contribution in [3.05, 3.63) is 22.6 Å². The Labute approximate surface area is 110 Å². The minimum Gasteiger partial charge on any atom is -0.355 e. The van der Waals surface area contributed by atoms with Gasteiger partial charge in [-0.15, -0.1) is 0 Å². The van der Waals surface area contributed by atoms with Crippen LogP contribution in [0.3, 0.4) is 0 Å². The quantitative estimate of drug-likeness (QED) is 0.829. The lowest BCUT2D eigenvalue weighted by Crippen LogP contribution is -2.28. The van der Waals surface area contributed by atoms with E-state index in [0.29, 0.717) is 11.3 Å². The summed E-state index contributed by atoms with van der Waals surface area (Å²) in [4.78, 5) is 19.1. The van der Waals surface area contributed by atoms with Crippen molar-refractivity contribution in [2.45, 2.75) is 26.8 Å². The molecule has 96 valence electrons. The topological polar surface area (TPSA) is 62.7 Å². The van der Waals surface area contributed by atoms with Crippen molar-refractivity contribution in [3.8, 4) is 0 Å². The number of fused-ring (bicyclic) bond motifs is 1. The van der Waals surface area contributed by atoms with E-state index in [1.165, 1.54) is 0 Å². The van der Waals surface area contributed by atoms with Crippen LogP contribution in [-0.4, -0.2) is 27.0 Å². The molecule has 0 fully saturated rings. The number of aryl methyl sites for hydroxylation is 1. The van der Waals surface area contributed by atoms with Gasteiger partial charge in [-0.1, -0.05) is 6.92 Å². The van der Waals surface area contributed by atoms with Crippen molar-refractivity contribution < 1.29 is 4.79 Å². The smallest absolute Gasteiger partial charge is 0.240 e. The standard InChI is InChI=1S/C12H16N4OS/c1-3-4-13-10(17)7-16-11-9(15-12(16)18)5-8(2)6-14-11/h5-6H,3-4,7H2,1-2H3,(H,13,17)(H,15,18). The Kier molecular flexibility index (Phi) is 3.76. The fourth-order valence-corrected chi connectivity index (χ4v) is 2.02. The predicted molar refractivity (Wildman–Crippen MR) is 73.0 cm³/mol. The Morgan fingerprint density at radius 2 is 2.39 bits per heavy atom. The molecule has 1 amide bonds. The molecule has 0 unspecified atom stereocenters. The van der Waals surface area contributed by atoms with Gasteiger partial charge in [-0.25, -0.2) is 4.98 Å². The Morgan fingerprint density at radius 1 is 1.61 bits per heavy atom. The van der Waals surface area contributed by atoms with E-state index in [0.717, 1.165) is 23.1 Å². The van der Waals surface area contributed by atoms with Gasteiger partial charge >= 0.3 is 0 Å². The maximum absolute atomic E-state index is 11.7. The molecule has 2 heterocycles. The molecule has 0 aliphatic carbocycles. The minimum atomic E-state index is -0.0452. The van der Waals surface area contributed by atoms with Crippen LogP contribution in [-0.2, 0) is 11.3 Å². The number of H-pyrrole nitrogens is 1. The van der Waals surface area contributed by atoms with Crippen molar-refractivity contribution in [3.63, 3.8) is 0 Å². The number of nitrogens with zero attached hydrogens (tertiary/aromatic N) is 2. The van der Waals surface area contributed by atoms with Crippen LogP contribution in [0.4, 0.5) is 0 Å². The van der Waals surface area contributed by atoms with Crippen LogP contribution in [0.15, 0.2) is 12.3 Å². The van der Waals surface area contributed by atoms with Crippen molar-refractivity contribution in [2.24, 2.45) is 0 Å². The zero-order valence-electron chi connectivity index (χ0n) is 10.5. The molecule has 2 aromatic rings. The van der Waals surface area contributed by atoms with Gasteiger partial charge in [-0.2, -0.15) is 0 Å². The summed E-state index contributed by atoms with van der Waals surface area (Å²) >= 11 is 5.21. The number of hydrogen-bond acceptors (Lipinski definition) is 3. The molecule has 18 heavy (non-hydrogen) atoms. The molecule has 0 spiro atoms. The van der Waals surface area contributed by atoms with Gasteiger partial charge in [0.05, 0.1) is 5.52 Å². The average Bonchev–Trinajstić information content (AvgIpc) is 2.62. The SMILES string of the molecule is CCCNC(=O)Cn1c(=S)[nH]c2cc(C)cnc21. The summed E-state index contributed by atoms with van der Waals surface area (Å²) < 4.78 is 2.24. The molecular formula is C12H16N4OS. The van der Waals surface area contributed by atoms with Crippen LogP contribution in [0.5, 0.6) is 0 Å². The summed E-state index contributed by atoms with van der Waals surface area (Å²) in [7, 11) is 0. The maximum atomic E-state index is 11.7. The minimum absolute atomic E-state index is 0.0452. The molecule has 0 saturated carbocycles. The highest BCUT2D eigenvalue weighted by atomic mass is 32.1. The van der Waals surface area contributed by atoms with Crippen LogP contribution >= 0.6 is 12.2 Å². The number of pyridine rings is 1. The third-order valence-corrected chi connectivity index (χ3v) is 2.94. The summed E-state index contributed by atoms with van der Waals surface area (Å²) in [5.74, 6) is -0.0452. The number of rotatable bonds is 4. The highest BCUT2D eigenvalue weighted by molar-refractivity contribution is 7.71. The van der Waals surface area contributed by atoms with E-state index in [4.69, 9.17) is 12.2 Å². The van der Waals surface area contributed by atoms with Gasteiger partial charge in [0.15, 0.2) is 10.4 Å². The molecule has 2 N–H and O–H groups in total. The number of nitrogens with one attached hydrogen (secondary N) is 2. The van der Waals surface area contributed by atoms with E-state index < -0.39 is 0 Å². The van der Waals surface area contributed by atoms with Gasteiger partial charge in [0.1, 0.15) is 6.54 Å². The molecule has 6 heteroatoms. The van der Waals surface area contributed by atoms with E-state index in [1.54, 1.807) is 10.8 Å². The molecule has 0 atom stereocenters. The van der Waals surface area contributed by atoms with Crippen LogP contribution in [0.1, 0.15) is 18.9 Å². The zero-order valence-corrected chi connectivity index (χ0v) is 11.3. The summed E-state index contributed by atoms with van der Waals surface area (Å²) in [5, 5.41) is 2.83. The Balaban J connectivity index is 2.30. The first-order valence-corrected chi connectivity index (χ1v) is 6.34. The first-order chi connectivity index (χ1) is 8.61. The summed E-state index contributed by atoms with van der Waals surface area (Å²) in [6.45, 7) is 4.87. The third kappa shape index (κ3) is 2.59. The molecule has 0 aliphatic heterocycles. The largest absolute Gasteiger partial charge is 0.355 e. The molecular weight excluding hydrogens is 248 g/mol. The molecule has 0 bridgehead atoms. The summed E-state index contributed by atoms with van der Waals surface area (Å²) in [5.41, 5.74) is 2.64. The first kappa shape index (κ1) is 12.8. The molecule has 2 rings (SSSR count). The number of imidazole rings is 1. The normalized spacial score (nSPS) is 10.8. The average molecular weight is 264 g/mol. The lowest BCUT2D eigenvalue weighted by atomic mass is 10.3. The summed E-state index contributed by atoms with van der Waals surface area (Å²) in [6, 6.07) is 1.97. The second-order valence-electron chi connectivity index (χ2n) is 4.25. The second kappa shape index (κ2) is 5.30. The number of hydrogen-bond donors (Lipinski definition) is 2. The molecule has 5 nitrogen and oxygen atoms in total. The monoisotopic (exact) mass is 264 g/mol. The Morgan fingerprint density at radius 3 is 3.11 bits per heavy atom. The van der Waals surface area contributed by atoms with Crippen molar-refractivity contribution in [1.29, 1.82) is 0 Å². The third-order valence-electron chi connectivity index (χ3n) is 2.62. The van der Waals surface area contributed by atoms with Gasteiger partial charge in [0.25, 0.3) is 0 Å². The molecule has 0 radical (unpaired) electrons. The van der Waals surface area contributed by atoms with Gasteiger partial charge in [-0.05, 0) is 37.2 Å². The molecule has 0 aliphatic rings. The van der Waals surface area contributed by atoms with Crippen molar-refractivity contribution in [2.75, 3.05) is 6.54 Å². The number of aromatic amines is 1. The van der Waals surface area contributed by atoms with E-state index in [-0.39, 0.29) is 12.5 Å². The van der Waals surface area contributed by atoms with Crippen LogP contribution < -0.4 is 5.32 Å². The highest BCUT2D eigenvalue weighted by Crippen LogP contribution is 2.12. The van der Waals surface area contributed by atoms with Gasteiger partial charge in [0, 0.05) is 12.7 Å². The number of carbonyl (C=O) groups excluding carboxylic acids is 1. The predicted octanol–water partition coefficient (Wildman–Crippen LogP) is 1.93. The van der Waals surface area contributed by atoms with Crippen LogP contribution in [0, 0.1) is 11.7 Å². The highest BCUT2D eigenvalue weighted by Gasteiger charge is 2.09. The van der Waals surface area contributed by atoms with Gasteiger partial charge in [0.2, 0.25) is 5.91 Å². The van der Waals surface area contributed by atoms with E-state index in [2.05, 4.69) is 15.3 Å². The molecule has 0 aromatic carbocycles. The number of aromatic nitrogens is 3. The van der Waals surface area contributed by atoms with E-state index >= 15 is 0 Å². The zero-order chi connectivity index (χ0) is 13.1. The maximum Gasteiger partial charge on any atom is 0.240 e. The molecule has 0 saturated heterocycles. The van der Waals surface area contributed by atoms with Crippen LogP contribution in [0.2, 0.25) is 0 Å². The fraction of sp³-hybridized carbons (Fsp3) is 0.417. The second-order valence-corrected chi connectivity index (χ2v) is 4.64.